The maximum Gasteiger partial charge on any atom is 0.323 e. The molecule has 0 aromatic heterocycles. The minimum Gasteiger partial charge on any atom is -0.480 e. The standard InChI is InChI=1S/C9H16N4O4/c1-2-5-13(6-7(14)15)9(17)12-4-3-11-8(10)16/h2H,1,3-6H2,(H,12,17)(H,14,15)(H3,10,11,16). The van der Waals surface area contributed by atoms with Gasteiger partial charge in [0.25, 0.3) is 0 Å². The molecule has 0 saturated heterocycles. The van der Waals surface area contributed by atoms with Crippen LogP contribution in [0, 0.1) is 0 Å². The van der Waals surface area contributed by atoms with Crippen LogP contribution in [-0.2, 0) is 4.79 Å². The predicted molar refractivity (Wildman–Crippen MR) is 60.4 cm³/mol. The summed E-state index contributed by atoms with van der Waals surface area (Å²) in [6, 6.07) is -1.23. The monoisotopic (exact) mass is 244 g/mol. The molecule has 8 heteroatoms. The Morgan fingerprint density at radius 1 is 1.29 bits per heavy atom. The molecule has 0 saturated carbocycles. The van der Waals surface area contributed by atoms with Gasteiger partial charge in [0.1, 0.15) is 6.54 Å². The van der Waals surface area contributed by atoms with Crippen LogP contribution in [0.5, 0.6) is 0 Å². The summed E-state index contributed by atoms with van der Waals surface area (Å²) in [4.78, 5) is 33.3. The van der Waals surface area contributed by atoms with Crippen LogP contribution in [0.4, 0.5) is 9.59 Å². The second-order valence-corrected chi connectivity index (χ2v) is 3.09. The number of aliphatic carboxylic acids is 1. The Kier molecular flexibility index (Phi) is 6.91. The first kappa shape index (κ1) is 14.8. The molecule has 0 aromatic carbocycles. The molecule has 0 heterocycles. The van der Waals surface area contributed by atoms with Gasteiger partial charge >= 0.3 is 18.0 Å². The summed E-state index contributed by atoms with van der Waals surface area (Å²) in [6.07, 6.45) is 1.42. The van der Waals surface area contributed by atoms with Crippen LogP contribution < -0.4 is 16.4 Å². The van der Waals surface area contributed by atoms with Crippen LogP contribution in [0.15, 0.2) is 12.7 Å². The number of carboxylic acid groups (broad SMARTS) is 1. The van der Waals surface area contributed by atoms with Crippen molar-refractivity contribution in [1.82, 2.24) is 15.5 Å². The lowest BCUT2D eigenvalue weighted by atomic mass is 10.4. The number of carbonyl (C=O) groups excluding carboxylic acids is 2. The van der Waals surface area contributed by atoms with Gasteiger partial charge in [-0.3, -0.25) is 4.79 Å². The zero-order valence-corrected chi connectivity index (χ0v) is 9.31. The quantitative estimate of drug-likeness (QED) is 0.336. The van der Waals surface area contributed by atoms with Crippen molar-refractivity contribution >= 4 is 18.0 Å². The fourth-order valence-corrected chi connectivity index (χ4v) is 1.01. The highest BCUT2D eigenvalue weighted by molar-refractivity contribution is 5.80. The van der Waals surface area contributed by atoms with E-state index >= 15 is 0 Å². The molecule has 0 radical (unpaired) electrons. The van der Waals surface area contributed by atoms with Crippen LogP contribution in [0.2, 0.25) is 0 Å². The summed E-state index contributed by atoms with van der Waals surface area (Å²) in [5, 5.41) is 13.3. The molecule has 0 bridgehead atoms. The van der Waals surface area contributed by atoms with Gasteiger partial charge in [0.15, 0.2) is 0 Å². The number of nitrogens with two attached hydrogens (primary N) is 1. The van der Waals surface area contributed by atoms with E-state index in [9.17, 15) is 14.4 Å². The molecule has 96 valence electrons. The number of urea groups is 2. The fourth-order valence-electron chi connectivity index (χ4n) is 1.01. The second kappa shape index (κ2) is 7.97. The zero-order valence-electron chi connectivity index (χ0n) is 9.31. The molecule has 4 amide bonds. The molecule has 0 rings (SSSR count). The highest BCUT2D eigenvalue weighted by atomic mass is 16.4. The third-order valence-electron chi connectivity index (χ3n) is 1.66. The third kappa shape index (κ3) is 7.65. The van der Waals surface area contributed by atoms with Crippen LogP contribution in [0.3, 0.4) is 0 Å². The van der Waals surface area contributed by atoms with Crippen LogP contribution in [-0.4, -0.2) is 54.2 Å². The van der Waals surface area contributed by atoms with Gasteiger partial charge in [0.05, 0.1) is 0 Å². The Morgan fingerprint density at radius 2 is 1.88 bits per heavy atom. The van der Waals surface area contributed by atoms with E-state index in [0.29, 0.717) is 0 Å². The van der Waals surface area contributed by atoms with Crippen molar-refractivity contribution < 1.29 is 19.5 Å². The van der Waals surface area contributed by atoms with E-state index in [1.165, 1.54) is 6.08 Å². The number of nitrogens with zero attached hydrogens (tertiary/aromatic N) is 1. The molecule has 0 spiro atoms. The van der Waals surface area contributed by atoms with Gasteiger partial charge in [0.2, 0.25) is 0 Å². The molecule has 0 aromatic rings. The Bertz CT molecular complexity index is 305. The van der Waals surface area contributed by atoms with Crippen molar-refractivity contribution in [3.63, 3.8) is 0 Å². The summed E-state index contributed by atoms with van der Waals surface area (Å²) in [5.41, 5.74) is 4.82. The molecule has 0 unspecified atom stereocenters. The molecule has 0 aliphatic heterocycles. The molecule has 8 nitrogen and oxygen atoms in total. The number of hydrogen-bond acceptors (Lipinski definition) is 3. The average Bonchev–Trinajstić information content (AvgIpc) is 2.22. The minimum absolute atomic E-state index is 0.126. The average molecular weight is 244 g/mol. The van der Waals surface area contributed by atoms with Crippen molar-refractivity contribution in [3.05, 3.63) is 12.7 Å². The number of nitrogens with one attached hydrogen (secondary N) is 2. The smallest absolute Gasteiger partial charge is 0.323 e. The lowest BCUT2D eigenvalue weighted by Gasteiger charge is -2.19. The largest absolute Gasteiger partial charge is 0.480 e. The first-order valence-electron chi connectivity index (χ1n) is 4.86. The van der Waals surface area contributed by atoms with Crippen LogP contribution >= 0.6 is 0 Å². The van der Waals surface area contributed by atoms with E-state index < -0.39 is 24.6 Å². The Labute approximate surface area is 98.4 Å². The topological polar surface area (TPSA) is 125 Å². The number of hydrogen-bond donors (Lipinski definition) is 4. The summed E-state index contributed by atoms with van der Waals surface area (Å²) in [5.74, 6) is -1.11. The normalized spacial score (nSPS) is 9.18. The first-order chi connectivity index (χ1) is 7.97. The van der Waals surface area contributed by atoms with Crippen molar-refractivity contribution in [2.24, 2.45) is 5.73 Å². The van der Waals surface area contributed by atoms with E-state index in [-0.39, 0.29) is 19.6 Å². The first-order valence-corrected chi connectivity index (χ1v) is 4.86. The van der Waals surface area contributed by atoms with E-state index in [4.69, 9.17) is 10.8 Å². The summed E-state index contributed by atoms with van der Waals surface area (Å²) >= 11 is 0. The minimum atomic E-state index is -1.11. The molecule has 0 fully saturated rings. The highest BCUT2D eigenvalue weighted by Crippen LogP contribution is 1.89. The van der Waals surface area contributed by atoms with Gasteiger partial charge in [-0.05, 0) is 0 Å². The summed E-state index contributed by atoms with van der Waals surface area (Å²) in [7, 11) is 0. The Morgan fingerprint density at radius 3 is 2.35 bits per heavy atom. The molecule has 0 aliphatic rings. The SMILES string of the molecule is C=CCN(CC(=O)O)C(=O)NCCNC(N)=O. The van der Waals surface area contributed by atoms with Gasteiger partial charge in [-0.2, -0.15) is 0 Å². The zero-order chi connectivity index (χ0) is 13.3. The second-order valence-electron chi connectivity index (χ2n) is 3.09. The van der Waals surface area contributed by atoms with E-state index in [1.54, 1.807) is 0 Å². The van der Waals surface area contributed by atoms with Gasteiger partial charge in [0, 0.05) is 19.6 Å². The van der Waals surface area contributed by atoms with Crippen molar-refractivity contribution in [2.45, 2.75) is 0 Å². The number of carbonyl (C=O) groups is 3. The third-order valence-corrected chi connectivity index (χ3v) is 1.66. The maximum absolute atomic E-state index is 11.5. The molecular formula is C9H16N4O4. The number of rotatable bonds is 7. The van der Waals surface area contributed by atoms with E-state index in [0.717, 1.165) is 4.90 Å². The number of carboxylic acids is 1. The van der Waals surface area contributed by atoms with E-state index in [1.807, 2.05) is 0 Å². The van der Waals surface area contributed by atoms with Crippen molar-refractivity contribution in [2.75, 3.05) is 26.2 Å². The lowest BCUT2D eigenvalue weighted by Crippen LogP contribution is -2.45. The van der Waals surface area contributed by atoms with Crippen molar-refractivity contribution in [1.29, 1.82) is 0 Å². The van der Waals surface area contributed by atoms with Crippen LogP contribution in [0.25, 0.3) is 0 Å². The highest BCUT2D eigenvalue weighted by Gasteiger charge is 2.14. The lowest BCUT2D eigenvalue weighted by molar-refractivity contribution is -0.137. The molecule has 0 atom stereocenters. The fraction of sp³-hybridized carbons (Fsp3) is 0.444. The van der Waals surface area contributed by atoms with Gasteiger partial charge in [-0.1, -0.05) is 6.08 Å². The van der Waals surface area contributed by atoms with Gasteiger partial charge in [-0.15, -0.1) is 6.58 Å². The maximum atomic E-state index is 11.5. The molecule has 0 aliphatic carbocycles. The van der Waals surface area contributed by atoms with E-state index in [2.05, 4.69) is 17.2 Å². The van der Waals surface area contributed by atoms with Crippen molar-refractivity contribution in [3.8, 4) is 0 Å². The molecular weight excluding hydrogens is 228 g/mol. The Balaban J connectivity index is 4.00. The van der Waals surface area contributed by atoms with Gasteiger partial charge in [-0.25, -0.2) is 9.59 Å². The summed E-state index contributed by atoms with van der Waals surface area (Å²) < 4.78 is 0. The van der Waals surface area contributed by atoms with Crippen LogP contribution in [0.1, 0.15) is 0 Å². The number of amides is 4. The Hall–Kier alpha value is -2.25. The van der Waals surface area contributed by atoms with Gasteiger partial charge < -0.3 is 26.4 Å². The molecule has 17 heavy (non-hydrogen) atoms. The predicted octanol–water partition coefficient (Wildman–Crippen LogP) is -1.06. The number of primary amides is 1. The molecule has 5 N–H and O–H groups in total. The summed E-state index contributed by atoms with van der Waals surface area (Å²) in [6.45, 7) is 3.47.